The Hall–Kier alpha value is -3.08. The molecular weight excluding hydrogens is 442 g/mol. The lowest BCUT2D eigenvalue weighted by Crippen LogP contribution is -2.40. The highest BCUT2D eigenvalue weighted by Crippen LogP contribution is 2.26. The van der Waals surface area contributed by atoms with E-state index in [1.165, 1.54) is 16.6 Å². The molecule has 34 heavy (non-hydrogen) atoms. The summed E-state index contributed by atoms with van der Waals surface area (Å²) in [6.45, 7) is 4.08. The number of halogens is 1. The fourth-order valence-electron chi connectivity index (χ4n) is 4.89. The van der Waals surface area contributed by atoms with Crippen LogP contribution in [-0.2, 0) is 24.4 Å². The normalized spacial score (nSPS) is 15.0. The van der Waals surface area contributed by atoms with Gasteiger partial charge in [0.1, 0.15) is 0 Å². The summed E-state index contributed by atoms with van der Waals surface area (Å²) < 4.78 is 2.38. The van der Waals surface area contributed by atoms with Gasteiger partial charge in [-0.1, -0.05) is 78.3 Å². The minimum Gasteiger partial charge on any atom is -0.352 e. The van der Waals surface area contributed by atoms with Gasteiger partial charge in [0.05, 0.1) is 0 Å². The highest BCUT2D eigenvalue weighted by molar-refractivity contribution is 6.31. The van der Waals surface area contributed by atoms with Crippen LogP contribution in [0.25, 0.3) is 10.9 Å². The van der Waals surface area contributed by atoms with Gasteiger partial charge in [-0.15, -0.1) is 0 Å². The van der Waals surface area contributed by atoms with Crippen molar-refractivity contribution in [1.82, 2.24) is 14.8 Å². The number of rotatable bonds is 7. The third-order valence-corrected chi connectivity index (χ3v) is 7.20. The Morgan fingerprint density at radius 1 is 0.882 bits per heavy atom. The summed E-state index contributed by atoms with van der Waals surface area (Å²) in [5, 5.41) is 5.17. The predicted molar refractivity (Wildman–Crippen MR) is 139 cm³/mol. The number of hydrogen-bond donors (Lipinski definition) is 1. The minimum absolute atomic E-state index is 0.0916. The number of nitrogens with one attached hydrogen (secondary N) is 1. The Labute approximate surface area is 206 Å². The van der Waals surface area contributed by atoms with E-state index in [9.17, 15) is 4.79 Å². The molecule has 1 amide bonds. The van der Waals surface area contributed by atoms with Gasteiger partial charge in [0, 0.05) is 41.8 Å². The van der Waals surface area contributed by atoms with Gasteiger partial charge in [0.25, 0.3) is 0 Å². The zero-order chi connectivity index (χ0) is 23.3. The molecule has 1 aromatic heterocycles. The summed E-state index contributed by atoms with van der Waals surface area (Å²) in [6.07, 6.45) is 1.79. The molecule has 0 radical (unpaired) electrons. The van der Waals surface area contributed by atoms with Gasteiger partial charge >= 0.3 is 0 Å². The lowest BCUT2D eigenvalue weighted by molar-refractivity contribution is -0.126. The lowest BCUT2D eigenvalue weighted by Gasteiger charge is -2.31. The molecule has 0 spiro atoms. The van der Waals surface area contributed by atoms with E-state index in [1.807, 2.05) is 48.5 Å². The fourth-order valence-corrected chi connectivity index (χ4v) is 5.09. The molecule has 0 aliphatic carbocycles. The maximum atomic E-state index is 12.7. The Balaban J connectivity index is 1.24. The average molecular weight is 472 g/mol. The topological polar surface area (TPSA) is 37.3 Å². The Morgan fingerprint density at radius 2 is 1.59 bits per heavy atom. The molecule has 5 heteroatoms. The predicted octanol–water partition coefficient (Wildman–Crippen LogP) is 5.87. The minimum atomic E-state index is 0.0916. The molecule has 4 aromatic rings. The van der Waals surface area contributed by atoms with Gasteiger partial charge in [0.15, 0.2) is 0 Å². The van der Waals surface area contributed by atoms with E-state index in [1.54, 1.807) is 0 Å². The SMILES string of the molecule is O=C(NCc1ccccc1)C1CCN(Cc2cc3ccccc3n2Cc2ccccc2Cl)CC1. The van der Waals surface area contributed by atoms with Gasteiger partial charge < -0.3 is 9.88 Å². The molecule has 0 atom stereocenters. The molecule has 0 bridgehead atoms. The molecule has 5 rings (SSSR count). The summed E-state index contributed by atoms with van der Waals surface area (Å²) in [5.74, 6) is 0.269. The average Bonchev–Trinajstić information content (AvgIpc) is 3.21. The maximum absolute atomic E-state index is 12.7. The number of fused-ring (bicyclic) bond motifs is 1. The number of para-hydroxylation sites is 1. The first-order chi connectivity index (χ1) is 16.7. The van der Waals surface area contributed by atoms with E-state index in [0.29, 0.717) is 6.54 Å². The van der Waals surface area contributed by atoms with Crippen molar-refractivity contribution in [3.8, 4) is 0 Å². The van der Waals surface area contributed by atoms with Crippen molar-refractivity contribution in [3.05, 3.63) is 107 Å². The van der Waals surface area contributed by atoms with Crippen molar-refractivity contribution in [2.24, 2.45) is 5.92 Å². The zero-order valence-electron chi connectivity index (χ0n) is 19.3. The van der Waals surface area contributed by atoms with Crippen LogP contribution in [0.5, 0.6) is 0 Å². The first kappa shape index (κ1) is 22.7. The van der Waals surface area contributed by atoms with E-state index in [0.717, 1.165) is 55.2 Å². The van der Waals surface area contributed by atoms with Gasteiger partial charge in [-0.25, -0.2) is 0 Å². The Kier molecular flexibility index (Phi) is 6.98. The number of aromatic nitrogens is 1. The Morgan fingerprint density at radius 3 is 2.38 bits per heavy atom. The van der Waals surface area contributed by atoms with E-state index >= 15 is 0 Å². The monoisotopic (exact) mass is 471 g/mol. The highest BCUT2D eigenvalue weighted by atomic mass is 35.5. The van der Waals surface area contributed by atoms with Crippen molar-refractivity contribution in [2.75, 3.05) is 13.1 Å². The molecule has 0 unspecified atom stereocenters. The second-order valence-electron chi connectivity index (χ2n) is 9.13. The molecular formula is C29H30ClN3O. The van der Waals surface area contributed by atoms with Crippen LogP contribution in [0.2, 0.25) is 5.02 Å². The van der Waals surface area contributed by atoms with E-state index in [4.69, 9.17) is 11.6 Å². The van der Waals surface area contributed by atoms with Crippen molar-refractivity contribution in [1.29, 1.82) is 0 Å². The molecule has 2 heterocycles. The van der Waals surface area contributed by atoms with Crippen molar-refractivity contribution in [2.45, 2.75) is 32.5 Å². The smallest absolute Gasteiger partial charge is 0.223 e. The first-order valence-electron chi connectivity index (χ1n) is 12.0. The third-order valence-electron chi connectivity index (χ3n) is 6.84. The molecule has 1 aliphatic rings. The second-order valence-corrected chi connectivity index (χ2v) is 9.53. The van der Waals surface area contributed by atoms with Gasteiger partial charge in [-0.2, -0.15) is 0 Å². The summed E-state index contributed by atoms with van der Waals surface area (Å²) in [7, 11) is 0. The summed E-state index contributed by atoms with van der Waals surface area (Å²) >= 11 is 6.49. The van der Waals surface area contributed by atoms with Gasteiger partial charge in [-0.05, 0) is 60.6 Å². The number of benzene rings is 3. The van der Waals surface area contributed by atoms with Crippen LogP contribution >= 0.6 is 11.6 Å². The van der Waals surface area contributed by atoms with Crippen molar-refractivity contribution < 1.29 is 4.79 Å². The van der Waals surface area contributed by atoms with Crippen LogP contribution in [0.15, 0.2) is 84.9 Å². The molecule has 174 valence electrons. The van der Waals surface area contributed by atoms with Gasteiger partial charge in [-0.3, -0.25) is 9.69 Å². The van der Waals surface area contributed by atoms with E-state index in [2.05, 4.69) is 51.2 Å². The van der Waals surface area contributed by atoms with Crippen LogP contribution < -0.4 is 5.32 Å². The standard InChI is InChI=1S/C29H30ClN3O/c30-27-12-6-4-11-25(27)20-33-26(18-24-10-5-7-13-28(24)33)21-32-16-14-23(15-17-32)29(34)31-19-22-8-2-1-3-9-22/h1-13,18,23H,14-17,19-21H2,(H,31,34). The van der Waals surface area contributed by atoms with Crippen LogP contribution in [0, 0.1) is 5.92 Å². The number of likely N-dealkylation sites (tertiary alicyclic amines) is 1. The van der Waals surface area contributed by atoms with E-state index < -0.39 is 0 Å². The lowest BCUT2D eigenvalue weighted by atomic mass is 9.95. The van der Waals surface area contributed by atoms with Crippen LogP contribution in [-0.4, -0.2) is 28.5 Å². The van der Waals surface area contributed by atoms with Gasteiger partial charge in [0.2, 0.25) is 5.91 Å². The summed E-state index contributed by atoms with van der Waals surface area (Å²) in [5.41, 5.74) is 4.78. The van der Waals surface area contributed by atoms with Crippen LogP contribution in [0.3, 0.4) is 0 Å². The largest absolute Gasteiger partial charge is 0.352 e. The van der Waals surface area contributed by atoms with Crippen molar-refractivity contribution >= 4 is 28.4 Å². The molecule has 1 saturated heterocycles. The number of hydrogen-bond acceptors (Lipinski definition) is 2. The molecule has 4 nitrogen and oxygen atoms in total. The number of carbonyl (C=O) groups excluding carboxylic acids is 1. The molecule has 3 aromatic carbocycles. The molecule has 1 fully saturated rings. The summed E-state index contributed by atoms with van der Waals surface area (Å²) in [4.78, 5) is 15.2. The molecule has 1 aliphatic heterocycles. The number of nitrogens with zero attached hydrogens (tertiary/aromatic N) is 2. The third kappa shape index (κ3) is 5.19. The first-order valence-corrected chi connectivity index (χ1v) is 12.4. The quantitative estimate of drug-likeness (QED) is 0.366. The number of amides is 1. The zero-order valence-corrected chi connectivity index (χ0v) is 20.0. The van der Waals surface area contributed by atoms with Crippen molar-refractivity contribution in [3.63, 3.8) is 0 Å². The highest BCUT2D eigenvalue weighted by Gasteiger charge is 2.25. The number of carbonyl (C=O) groups is 1. The summed E-state index contributed by atoms with van der Waals surface area (Å²) in [6, 6.07) is 29.0. The van der Waals surface area contributed by atoms with Crippen LogP contribution in [0.4, 0.5) is 0 Å². The molecule has 1 N–H and O–H groups in total. The fraction of sp³-hybridized carbons (Fsp3) is 0.276. The Bertz CT molecular complexity index is 1260. The molecule has 0 saturated carbocycles. The van der Waals surface area contributed by atoms with E-state index in [-0.39, 0.29) is 11.8 Å². The maximum Gasteiger partial charge on any atom is 0.223 e. The van der Waals surface area contributed by atoms with Crippen LogP contribution in [0.1, 0.15) is 29.7 Å². The second kappa shape index (κ2) is 10.5. The number of piperidine rings is 1.